The van der Waals surface area contributed by atoms with Gasteiger partial charge in [-0.15, -0.1) is 0 Å². The first kappa shape index (κ1) is 24.7. The number of carbonyl (C=O) groups is 1. The molecule has 0 aliphatic carbocycles. The first-order valence-electron chi connectivity index (χ1n) is 12.1. The SMILES string of the molecule is CCCCCc1ccc(CCc2ccc(CC(=O)c3ccc(OCC)c(F)c3C)cc2)cc1. The average Bonchev–Trinajstić information content (AvgIpc) is 2.83. The molecule has 33 heavy (non-hydrogen) atoms. The van der Waals surface area contributed by atoms with Gasteiger partial charge in [0.05, 0.1) is 6.61 Å². The van der Waals surface area contributed by atoms with Gasteiger partial charge in [0.25, 0.3) is 0 Å². The molecule has 2 nitrogen and oxygen atoms in total. The quantitative estimate of drug-likeness (QED) is 0.213. The summed E-state index contributed by atoms with van der Waals surface area (Å²) in [5.74, 6) is -0.338. The van der Waals surface area contributed by atoms with E-state index in [0.29, 0.717) is 17.7 Å². The first-order valence-corrected chi connectivity index (χ1v) is 12.1. The Kier molecular flexibility index (Phi) is 9.24. The summed E-state index contributed by atoms with van der Waals surface area (Å²) >= 11 is 0. The Morgan fingerprint density at radius 2 is 1.30 bits per heavy atom. The van der Waals surface area contributed by atoms with Crippen LogP contribution in [0.25, 0.3) is 0 Å². The monoisotopic (exact) mass is 446 g/mol. The number of halogens is 1. The number of ether oxygens (including phenoxy) is 1. The zero-order valence-corrected chi connectivity index (χ0v) is 20.1. The Balaban J connectivity index is 1.54. The van der Waals surface area contributed by atoms with Crippen molar-refractivity contribution < 1.29 is 13.9 Å². The van der Waals surface area contributed by atoms with Crippen LogP contribution in [0.3, 0.4) is 0 Å². The number of hydrogen-bond donors (Lipinski definition) is 0. The van der Waals surface area contributed by atoms with Crippen LogP contribution in [0.2, 0.25) is 0 Å². The molecule has 0 N–H and O–H groups in total. The van der Waals surface area contributed by atoms with Crippen molar-refractivity contribution in [3.05, 3.63) is 99.9 Å². The maximum Gasteiger partial charge on any atom is 0.168 e. The summed E-state index contributed by atoms with van der Waals surface area (Å²) in [6.07, 6.45) is 7.19. The summed E-state index contributed by atoms with van der Waals surface area (Å²) in [5, 5.41) is 0. The number of unbranched alkanes of at least 4 members (excludes halogenated alkanes) is 2. The standard InChI is InChI=1S/C30H35FO2/c1-4-6-7-8-23-9-11-24(12-10-23)13-14-25-15-17-26(18-16-25)21-28(32)27-19-20-29(33-5-2)30(31)22(27)3/h9-12,15-20H,4-8,13-14,21H2,1-3H3. The third-order valence-corrected chi connectivity index (χ3v) is 6.13. The zero-order valence-electron chi connectivity index (χ0n) is 20.1. The molecular formula is C30H35FO2. The number of ketones is 1. The van der Waals surface area contributed by atoms with Crippen molar-refractivity contribution >= 4 is 5.78 Å². The van der Waals surface area contributed by atoms with E-state index in [-0.39, 0.29) is 18.0 Å². The Hall–Kier alpha value is -2.94. The molecule has 0 saturated carbocycles. The smallest absolute Gasteiger partial charge is 0.168 e. The molecule has 0 spiro atoms. The van der Waals surface area contributed by atoms with Crippen molar-refractivity contribution in [1.82, 2.24) is 0 Å². The molecule has 3 aromatic carbocycles. The van der Waals surface area contributed by atoms with Gasteiger partial charge in [-0.3, -0.25) is 4.79 Å². The third-order valence-electron chi connectivity index (χ3n) is 6.13. The van der Waals surface area contributed by atoms with Crippen LogP contribution in [0.15, 0.2) is 60.7 Å². The summed E-state index contributed by atoms with van der Waals surface area (Å²) < 4.78 is 19.7. The molecule has 174 valence electrons. The second-order valence-electron chi connectivity index (χ2n) is 8.67. The summed E-state index contributed by atoms with van der Waals surface area (Å²) in [5.41, 5.74) is 5.72. The lowest BCUT2D eigenvalue weighted by Gasteiger charge is -2.11. The zero-order chi connectivity index (χ0) is 23.6. The van der Waals surface area contributed by atoms with Crippen LogP contribution in [-0.4, -0.2) is 12.4 Å². The highest BCUT2D eigenvalue weighted by Gasteiger charge is 2.16. The van der Waals surface area contributed by atoms with Gasteiger partial charge in [-0.25, -0.2) is 4.39 Å². The number of carbonyl (C=O) groups excluding carboxylic acids is 1. The van der Waals surface area contributed by atoms with Gasteiger partial charge in [0.1, 0.15) is 0 Å². The Morgan fingerprint density at radius 3 is 1.85 bits per heavy atom. The fourth-order valence-corrected chi connectivity index (χ4v) is 4.07. The lowest BCUT2D eigenvalue weighted by atomic mass is 9.97. The molecule has 0 amide bonds. The summed E-state index contributed by atoms with van der Waals surface area (Å²) in [6, 6.07) is 20.4. The van der Waals surface area contributed by atoms with Crippen molar-refractivity contribution in [3.8, 4) is 5.75 Å². The van der Waals surface area contributed by atoms with E-state index in [4.69, 9.17) is 4.74 Å². The molecule has 0 fully saturated rings. The Morgan fingerprint density at radius 1 is 0.758 bits per heavy atom. The van der Waals surface area contributed by atoms with Crippen LogP contribution in [0.1, 0.15) is 71.3 Å². The van der Waals surface area contributed by atoms with E-state index in [1.165, 1.54) is 36.0 Å². The van der Waals surface area contributed by atoms with Gasteiger partial charge in [0, 0.05) is 12.0 Å². The van der Waals surface area contributed by atoms with Crippen molar-refractivity contribution in [1.29, 1.82) is 0 Å². The minimum atomic E-state index is -0.452. The highest BCUT2D eigenvalue weighted by atomic mass is 19.1. The molecule has 0 heterocycles. The highest BCUT2D eigenvalue weighted by molar-refractivity contribution is 5.99. The lowest BCUT2D eigenvalue weighted by Crippen LogP contribution is -2.08. The van der Waals surface area contributed by atoms with Gasteiger partial charge in [0.2, 0.25) is 0 Å². The number of hydrogen-bond acceptors (Lipinski definition) is 2. The van der Waals surface area contributed by atoms with Crippen LogP contribution >= 0.6 is 0 Å². The van der Waals surface area contributed by atoms with E-state index in [1.807, 2.05) is 19.1 Å². The third kappa shape index (κ3) is 7.02. The molecule has 0 unspecified atom stereocenters. The summed E-state index contributed by atoms with van der Waals surface area (Å²) in [6.45, 7) is 6.06. The fourth-order valence-electron chi connectivity index (χ4n) is 4.07. The molecule has 0 bridgehead atoms. The van der Waals surface area contributed by atoms with Crippen LogP contribution in [0.4, 0.5) is 4.39 Å². The normalized spacial score (nSPS) is 10.9. The maximum absolute atomic E-state index is 14.4. The van der Waals surface area contributed by atoms with Crippen molar-refractivity contribution in [3.63, 3.8) is 0 Å². The topological polar surface area (TPSA) is 26.3 Å². The van der Waals surface area contributed by atoms with Crippen LogP contribution in [-0.2, 0) is 25.7 Å². The van der Waals surface area contributed by atoms with E-state index in [1.54, 1.807) is 19.1 Å². The first-order chi connectivity index (χ1) is 16.0. The molecule has 0 aromatic heterocycles. The predicted octanol–water partition coefficient (Wildman–Crippen LogP) is 7.48. The second kappa shape index (κ2) is 12.3. The minimum Gasteiger partial charge on any atom is -0.491 e. The van der Waals surface area contributed by atoms with Gasteiger partial charge in [0.15, 0.2) is 17.3 Å². The fraction of sp³-hybridized carbons (Fsp3) is 0.367. The van der Waals surface area contributed by atoms with Crippen molar-refractivity contribution in [2.45, 2.75) is 65.7 Å². The van der Waals surface area contributed by atoms with Gasteiger partial charge < -0.3 is 4.74 Å². The number of aryl methyl sites for hydroxylation is 3. The molecule has 0 radical (unpaired) electrons. The van der Waals surface area contributed by atoms with E-state index >= 15 is 0 Å². The van der Waals surface area contributed by atoms with E-state index in [2.05, 4.69) is 43.3 Å². The predicted molar refractivity (Wildman–Crippen MR) is 134 cm³/mol. The molecule has 3 rings (SSSR count). The molecular weight excluding hydrogens is 411 g/mol. The van der Waals surface area contributed by atoms with E-state index in [0.717, 1.165) is 24.8 Å². The highest BCUT2D eigenvalue weighted by Crippen LogP contribution is 2.24. The number of rotatable bonds is 12. The van der Waals surface area contributed by atoms with Crippen LogP contribution < -0.4 is 4.74 Å². The Bertz CT molecular complexity index is 1040. The largest absolute Gasteiger partial charge is 0.491 e. The Labute approximate surface area is 197 Å². The van der Waals surface area contributed by atoms with E-state index in [9.17, 15) is 9.18 Å². The molecule has 3 aromatic rings. The lowest BCUT2D eigenvalue weighted by molar-refractivity contribution is 0.0991. The van der Waals surface area contributed by atoms with Gasteiger partial charge in [-0.05, 0) is 79.5 Å². The van der Waals surface area contributed by atoms with Gasteiger partial charge >= 0.3 is 0 Å². The molecule has 0 atom stereocenters. The summed E-state index contributed by atoms with van der Waals surface area (Å²) in [4.78, 5) is 12.8. The minimum absolute atomic E-state index is 0.0822. The summed E-state index contributed by atoms with van der Waals surface area (Å²) in [7, 11) is 0. The van der Waals surface area contributed by atoms with E-state index < -0.39 is 5.82 Å². The molecule has 3 heteroatoms. The maximum atomic E-state index is 14.4. The van der Waals surface area contributed by atoms with Gasteiger partial charge in [-0.2, -0.15) is 0 Å². The molecule has 0 aliphatic rings. The molecule has 0 saturated heterocycles. The number of benzene rings is 3. The van der Waals surface area contributed by atoms with Gasteiger partial charge in [-0.1, -0.05) is 68.3 Å². The van der Waals surface area contributed by atoms with Crippen LogP contribution in [0.5, 0.6) is 5.75 Å². The van der Waals surface area contributed by atoms with Crippen molar-refractivity contribution in [2.24, 2.45) is 0 Å². The second-order valence-corrected chi connectivity index (χ2v) is 8.67. The average molecular weight is 447 g/mol. The number of Topliss-reactive ketones (excluding diaryl/α,β-unsaturated/α-hetero) is 1. The molecule has 0 aliphatic heterocycles. The van der Waals surface area contributed by atoms with Crippen LogP contribution in [0, 0.1) is 12.7 Å². The van der Waals surface area contributed by atoms with Crippen molar-refractivity contribution in [2.75, 3.05) is 6.61 Å².